The highest BCUT2D eigenvalue weighted by atomic mass is 16.6. The Kier molecular flexibility index (Phi) is 3.04. The smallest absolute Gasteiger partial charge is 0.272 e. The molecule has 1 aliphatic rings. The predicted molar refractivity (Wildman–Crippen MR) is 74.8 cm³/mol. The van der Waals surface area contributed by atoms with Crippen LogP contribution in [0.5, 0.6) is 0 Å². The average Bonchev–Trinajstić information content (AvgIpc) is 3.07. The number of nitrogens with zero attached hydrogens (tertiary/aromatic N) is 5. The van der Waals surface area contributed by atoms with Gasteiger partial charge >= 0.3 is 0 Å². The van der Waals surface area contributed by atoms with Gasteiger partial charge in [0.25, 0.3) is 5.91 Å². The Hall–Kier alpha value is -2.81. The first-order chi connectivity index (χ1) is 10.8. The zero-order chi connectivity index (χ0) is 14.9. The Morgan fingerprint density at radius 3 is 3.32 bits per heavy atom. The molecular formula is C13H13N7O2. The third kappa shape index (κ3) is 2.53. The monoisotopic (exact) mass is 299 g/mol. The number of carbonyl (C=O) groups is 1. The number of hydrogen-bond donors (Lipinski definition) is 2. The Balaban J connectivity index is 1.42. The number of epoxide rings is 1. The van der Waals surface area contributed by atoms with Crippen molar-refractivity contribution in [3.63, 3.8) is 0 Å². The van der Waals surface area contributed by atoms with Crippen LogP contribution in [0.15, 0.2) is 24.5 Å². The number of aromatic nitrogens is 6. The first-order valence-electron chi connectivity index (χ1n) is 6.87. The van der Waals surface area contributed by atoms with Crippen LogP contribution in [0.1, 0.15) is 16.2 Å². The highest BCUT2D eigenvalue weighted by Crippen LogP contribution is 2.13. The minimum absolute atomic E-state index is 0.243. The van der Waals surface area contributed by atoms with Crippen LogP contribution in [0, 0.1) is 0 Å². The highest BCUT2D eigenvalue weighted by Gasteiger charge is 2.23. The van der Waals surface area contributed by atoms with Gasteiger partial charge < -0.3 is 10.1 Å². The number of H-pyrrole nitrogens is 1. The van der Waals surface area contributed by atoms with Gasteiger partial charge in [0.15, 0.2) is 11.3 Å². The van der Waals surface area contributed by atoms with Crippen LogP contribution in [0.2, 0.25) is 0 Å². The standard InChI is InChI=1S/C13H13N7O2/c21-13(11-10-2-1-3-14-12(10)18-17-11)15-4-8-5-20(19-16-8)6-9-7-22-9/h1-3,5,9H,4,6-7H2,(H,15,21)(H,14,17,18). The molecule has 3 aromatic heterocycles. The summed E-state index contributed by atoms with van der Waals surface area (Å²) in [4.78, 5) is 16.3. The topological polar surface area (TPSA) is 114 Å². The number of amides is 1. The molecule has 9 nitrogen and oxygen atoms in total. The summed E-state index contributed by atoms with van der Waals surface area (Å²) in [6, 6.07) is 3.56. The second-order valence-corrected chi connectivity index (χ2v) is 5.04. The lowest BCUT2D eigenvalue weighted by molar-refractivity contribution is 0.0947. The van der Waals surface area contributed by atoms with E-state index >= 15 is 0 Å². The van der Waals surface area contributed by atoms with Crippen molar-refractivity contribution in [1.29, 1.82) is 0 Å². The Bertz CT molecular complexity index is 821. The molecule has 0 spiro atoms. The number of aromatic amines is 1. The van der Waals surface area contributed by atoms with Gasteiger partial charge in [0.1, 0.15) is 11.8 Å². The maximum absolute atomic E-state index is 12.2. The molecule has 4 rings (SSSR count). The first kappa shape index (κ1) is 12.9. The molecule has 2 N–H and O–H groups in total. The van der Waals surface area contributed by atoms with Crippen LogP contribution in [0.4, 0.5) is 0 Å². The maximum Gasteiger partial charge on any atom is 0.272 e. The van der Waals surface area contributed by atoms with E-state index < -0.39 is 0 Å². The summed E-state index contributed by atoms with van der Waals surface area (Å²) in [5.41, 5.74) is 1.59. The fourth-order valence-corrected chi connectivity index (χ4v) is 2.17. The van der Waals surface area contributed by atoms with E-state index in [1.807, 2.05) is 0 Å². The van der Waals surface area contributed by atoms with Crippen LogP contribution in [-0.2, 0) is 17.8 Å². The molecular weight excluding hydrogens is 286 g/mol. The van der Waals surface area contributed by atoms with Crippen molar-refractivity contribution in [1.82, 2.24) is 35.5 Å². The largest absolute Gasteiger partial charge is 0.371 e. The quantitative estimate of drug-likeness (QED) is 0.635. The third-order valence-corrected chi connectivity index (χ3v) is 3.36. The summed E-state index contributed by atoms with van der Waals surface area (Å²) in [6.07, 6.45) is 3.68. The number of fused-ring (bicyclic) bond motifs is 1. The lowest BCUT2D eigenvalue weighted by Crippen LogP contribution is -2.23. The number of ether oxygens (including phenoxy) is 1. The van der Waals surface area contributed by atoms with Crippen molar-refractivity contribution in [2.75, 3.05) is 6.61 Å². The lowest BCUT2D eigenvalue weighted by atomic mass is 10.2. The zero-order valence-electron chi connectivity index (χ0n) is 11.6. The molecule has 0 aromatic carbocycles. The Labute approximate surface area is 124 Å². The molecule has 22 heavy (non-hydrogen) atoms. The molecule has 9 heteroatoms. The first-order valence-corrected chi connectivity index (χ1v) is 6.87. The zero-order valence-corrected chi connectivity index (χ0v) is 11.6. The number of pyridine rings is 1. The van der Waals surface area contributed by atoms with Gasteiger partial charge in [0.05, 0.1) is 31.3 Å². The van der Waals surface area contributed by atoms with Crippen molar-refractivity contribution in [2.24, 2.45) is 0 Å². The Morgan fingerprint density at radius 1 is 1.55 bits per heavy atom. The van der Waals surface area contributed by atoms with Gasteiger partial charge in [-0.15, -0.1) is 5.10 Å². The molecule has 0 aliphatic carbocycles. The van der Waals surface area contributed by atoms with E-state index in [9.17, 15) is 4.79 Å². The predicted octanol–water partition coefficient (Wildman–Crippen LogP) is -0.122. The number of carbonyl (C=O) groups excluding carboxylic acids is 1. The summed E-state index contributed by atoms with van der Waals surface area (Å²) in [5.74, 6) is -0.278. The van der Waals surface area contributed by atoms with Gasteiger partial charge in [-0.05, 0) is 12.1 Å². The molecule has 112 valence electrons. The van der Waals surface area contributed by atoms with Gasteiger partial charge in [-0.1, -0.05) is 5.21 Å². The van der Waals surface area contributed by atoms with Crippen LogP contribution in [0.3, 0.4) is 0 Å². The summed E-state index contributed by atoms with van der Waals surface area (Å²) in [5, 5.41) is 18.2. The molecule has 1 atom stereocenters. The van der Waals surface area contributed by atoms with Crippen molar-refractivity contribution in [2.45, 2.75) is 19.2 Å². The van der Waals surface area contributed by atoms with E-state index in [4.69, 9.17) is 4.74 Å². The van der Waals surface area contributed by atoms with E-state index in [1.165, 1.54) is 0 Å². The SMILES string of the molecule is O=C(NCc1cn(CC2CO2)nn1)c1n[nH]c2ncccc12. The van der Waals surface area contributed by atoms with Crippen molar-refractivity contribution < 1.29 is 9.53 Å². The second-order valence-electron chi connectivity index (χ2n) is 5.04. The van der Waals surface area contributed by atoms with Crippen LogP contribution in [0.25, 0.3) is 11.0 Å². The Morgan fingerprint density at radius 2 is 2.45 bits per heavy atom. The fraction of sp³-hybridized carbons (Fsp3) is 0.308. The van der Waals surface area contributed by atoms with Gasteiger partial charge in [-0.25, -0.2) is 9.67 Å². The summed E-state index contributed by atoms with van der Waals surface area (Å²) in [6.45, 7) is 1.75. The number of nitrogens with one attached hydrogen (secondary N) is 2. The van der Waals surface area contributed by atoms with E-state index in [2.05, 4.69) is 30.8 Å². The molecule has 0 radical (unpaired) electrons. The van der Waals surface area contributed by atoms with Crippen molar-refractivity contribution in [3.05, 3.63) is 35.9 Å². The molecule has 0 saturated carbocycles. The van der Waals surface area contributed by atoms with E-state index in [0.29, 0.717) is 35.5 Å². The minimum Gasteiger partial charge on any atom is -0.371 e. The minimum atomic E-state index is -0.278. The average molecular weight is 299 g/mol. The van der Waals surface area contributed by atoms with Crippen LogP contribution >= 0.6 is 0 Å². The maximum atomic E-state index is 12.2. The van der Waals surface area contributed by atoms with E-state index in [-0.39, 0.29) is 12.0 Å². The van der Waals surface area contributed by atoms with Gasteiger partial charge in [0, 0.05) is 6.20 Å². The van der Waals surface area contributed by atoms with Gasteiger partial charge in [-0.2, -0.15) is 5.10 Å². The molecule has 0 bridgehead atoms. The summed E-state index contributed by atoms with van der Waals surface area (Å²) >= 11 is 0. The van der Waals surface area contributed by atoms with Crippen molar-refractivity contribution >= 4 is 16.9 Å². The van der Waals surface area contributed by atoms with Crippen LogP contribution in [-0.4, -0.2) is 48.8 Å². The third-order valence-electron chi connectivity index (χ3n) is 3.36. The molecule has 4 heterocycles. The van der Waals surface area contributed by atoms with E-state index in [0.717, 1.165) is 6.61 Å². The summed E-state index contributed by atoms with van der Waals surface area (Å²) in [7, 11) is 0. The van der Waals surface area contributed by atoms with E-state index in [1.54, 1.807) is 29.2 Å². The molecule has 1 aliphatic heterocycles. The second kappa shape index (κ2) is 5.19. The van der Waals surface area contributed by atoms with Gasteiger partial charge in [0.2, 0.25) is 0 Å². The van der Waals surface area contributed by atoms with Gasteiger partial charge in [-0.3, -0.25) is 9.89 Å². The van der Waals surface area contributed by atoms with Crippen LogP contribution < -0.4 is 5.32 Å². The summed E-state index contributed by atoms with van der Waals surface area (Å²) < 4.78 is 6.85. The highest BCUT2D eigenvalue weighted by molar-refractivity contribution is 6.03. The normalized spacial score (nSPS) is 16.8. The molecule has 1 amide bonds. The molecule has 1 unspecified atom stereocenters. The van der Waals surface area contributed by atoms with Crippen molar-refractivity contribution in [3.8, 4) is 0 Å². The number of hydrogen-bond acceptors (Lipinski definition) is 6. The molecule has 1 saturated heterocycles. The fourth-order valence-electron chi connectivity index (χ4n) is 2.17. The molecule has 1 fully saturated rings. The molecule has 3 aromatic rings. The lowest BCUT2D eigenvalue weighted by Gasteiger charge is -2.00. The number of rotatable bonds is 5.